The lowest BCUT2D eigenvalue weighted by Gasteiger charge is -2.31. The topological polar surface area (TPSA) is 176 Å². The van der Waals surface area contributed by atoms with Crippen LogP contribution in [-0.2, 0) is 19.1 Å². The minimum atomic E-state index is -0.920. The smallest absolute Gasteiger partial charge is 0.407 e. The van der Waals surface area contributed by atoms with Crippen LogP contribution in [0.5, 0.6) is 5.75 Å². The van der Waals surface area contributed by atoms with Crippen molar-refractivity contribution >= 4 is 46.6 Å². The van der Waals surface area contributed by atoms with Gasteiger partial charge in [-0.05, 0) is 88.6 Å². The summed E-state index contributed by atoms with van der Waals surface area (Å²) in [5, 5.41) is 16.7. The van der Waals surface area contributed by atoms with Gasteiger partial charge in [0.15, 0.2) is 0 Å². The summed E-state index contributed by atoms with van der Waals surface area (Å²) in [6.07, 6.45) is 0.337. The molecule has 12 heteroatoms. The van der Waals surface area contributed by atoms with Crippen LogP contribution < -0.4 is 31.3 Å². The molecule has 42 heavy (non-hydrogen) atoms. The fraction of sp³-hybridized carbons (Fsp3) is 0.367. The van der Waals surface area contributed by atoms with E-state index in [0.29, 0.717) is 35.8 Å². The number of ether oxygens (including phenoxy) is 2. The molecule has 0 atom stereocenters. The standard InChI is InChI=1S/C30H38N6O6/c1-18-17-20(10-13-23(18)35-24(37)7-6-15-33-29(40)42-30(2,3)4)36-16-14-22(25(31)27(32)38)26(28(36)39)34-19-8-11-21(41-5)12-9-19/h8-13,17,31,34H,6-7,14-16H2,1-5H3,(H2,32,38)(H,33,40)(H,35,37). The summed E-state index contributed by atoms with van der Waals surface area (Å²) in [5.41, 5.74) is 7.19. The molecule has 0 saturated carbocycles. The highest BCUT2D eigenvalue weighted by atomic mass is 16.6. The van der Waals surface area contributed by atoms with E-state index in [9.17, 15) is 19.2 Å². The average molecular weight is 579 g/mol. The van der Waals surface area contributed by atoms with Gasteiger partial charge in [0, 0.05) is 42.1 Å². The third-order valence-corrected chi connectivity index (χ3v) is 6.30. The number of hydrogen-bond acceptors (Lipinski definition) is 8. The number of benzene rings is 2. The van der Waals surface area contributed by atoms with Crippen LogP contribution in [0.25, 0.3) is 0 Å². The van der Waals surface area contributed by atoms with Gasteiger partial charge in [-0.15, -0.1) is 0 Å². The highest BCUT2D eigenvalue weighted by Crippen LogP contribution is 2.30. The van der Waals surface area contributed by atoms with E-state index in [2.05, 4.69) is 16.0 Å². The van der Waals surface area contributed by atoms with Crippen LogP contribution in [0.1, 0.15) is 45.6 Å². The number of primary amides is 1. The summed E-state index contributed by atoms with van der Waals surface area (Å²) in [6.45, 7) is 7.67. The van der Waals surface area contributed by atoms with Crippen LogP contribution in [0.3, 0.4) is 0 Å². The van der Waals surface area contributed by atoms with Gasteiger partial charge in [0.05, 0.1) is 7.11 Å². The molecule has 0 bridgehead atoms. The molecule has 0 radical (unpaired) electrons. The van der Waals surface area contributed by atoms with E-state index in [1.807, 2.05) is 6.92 Å². The molecule has 0 unspecified atom stereocenters. The van der Waals surface area contributed by atoms with Gasteiger partial charge in [-0.2, -0.15) is 0 Å². The molecule has 3 rings (SSSR count). The van der Waals surface area contributed by atoms with Crippen molar-refractivity contribution in [2.75, 3.05) is 35.7 Å². The maximum Gasteiger partial charge on any atom is 0.407 e. The number of amides is 4. The molecule has 6 N–H and O–H groups in total. The predicted molar refractivity (Wildman–Crippen MR) is 161 cm³/mol. The monoisotopic (exact) mass is 578 g/mol. The van der Waals surface area contributed by atoms with Crippen molar-refractivity contribution in [3.63, 3.8) is 0 Å². The van der Waals surface area contributed by atoms with Crippen molar-refractivity contribution < 1.29 is 28.7 Å². The Hall–Kier alpha value is -4.87. The number of nitrogens with one attached hydrogen (secondary N) is 4. The van der Waals surface area contributed by atoms with Crippen LogP contribution in [0.4, 0.5) is 21.9 Å². The number of alkyl carbamates (subject to hydrolysis) is 1. The zero-order valence-electron chi connectivity index (χ0n) is 24.6. The summed E-state index contributed by atoms with van der Waals surface area (Å²) in [4.78, 5) is 51.2. The van der Waals surface area contributed by atoms with Crippen molar-refractivity contribution in [3.8, 4) is 5.75 Å². The molecule has 4 amide bonds. The van der Waals surface area contributed by atoms with Crippen molar-refractivity contribution in [1.29, 1.82) is 5.41 Å². The number of carbonyl (C=O) groups is 4. The first-order chi connectivity index (χ1) is 19.8. The number of methoxy groups -OCH3 is 1. The summed E-state index contributed by atoms with van der Waals surface area (Å²) < 4.78 is 10.4. The summed E-state index contributed by atoms with van der Waals surface area (Å²) in [6, 6.07) is 12.1. The Labute approximate surface area is 245 Å². The van der Waals surface area contributed by atoms with E-state index >= 15 is 0 Å². The Morgan fingerprint density at radius 1 is 1.10 bits per heavy atom. The number of rotatable bonds is 11. The van der Waals surface area contributed by atoms with Crippen molar-refractivity contribution in [1.82, 2.24) is 5.32 Å². The summed E-state index contributed by atoms with van der Waals surface area (Å²) >= 11 is 0. The Balaban J connectivity index is 1.69. The number of aryl methyl sites for hydroxylation is 1. The molecule has 1 aliphatic rings. The van der Waals surface area contributed by atoms with E-state index in [4.69, 9.17) is 20.6 Å². The maximum absolute atomic E-state index is 13.7. The minimum Gasteiger partial charge on any atom is -0.497 e. The van der Waals surface area contributed by atoms with Gasteiger partial charge < -0.3 is 36.1 Å². The first kappa shape index (κ1) is 31.7. The first-order valence-corrected chi connectivity index (χ1v) is 13.5. The predicted octanol–water partition coefficient (Wildman–Crippen LogP) is 3.85. The number of nitrogens with zero attached hydrogens (tertiary/aromatic N) is 1. The minimum absolute atomic E-state index is 0.0882. The van der Waals surface area contributed by atoms with E-state index in [-0.39, 0.29) is 36.6 Å². The van der Waals surface area contributed by atoms with Crippen molar-refractivity contribution in [2.24, 2.45) is 5.73 Å². The summed E-state index contributed by atoms with van der Waals surface area (Å²) in [7, 11) is 1.55. The molecule has 2 aromatic rings. The Kier molecular flexibility index (Phi) is 10.3. The lowest BCUT2D eigenvalue weighted by Crippen LogP contribution is -2.42. The van der Waals surface area contributed by atoms with Crippen LogP contribution in [-0.4, -0.2) is 55.3 Å². The molecule has 0 spiro atoms. The lowest BCUT2D eigenvalue weighted by molar-refractivity contribution is -0.116. The third kappa shape index (κ3) is 8.56. The molecule has 0 fully saturated rings. The molecule has 12 nitrogen and oxygen atoms in total. The molecule has 224 valence electrons. The highest BCUT2D eigenvalue weighted by molar-refractivity contribution is 6.44. The van der Waals surface area contributed by atoms with Gasteiger partial charge in [-0.25, -0.2) is 4.79 Å². The first-order valence-electron chi connectivity index (χ1n) is 13.5. The fourth-order valence-corrected chi connectivity index (χ4v) is 4.23. The summed E-state index contributed by atoms with van der Waals surface area (Å²) in [5.74, 6) is -0.922. The van der Waals surface area contributed by atoms with Gasteiger partial charge >= 0.3 is 6.09 Å². The molecular formula is C30H38N6O6. The quantitative estimate of drug-likeness (QED) is 0.199. The number of carbonyl (C=O) groups excluding carboxylic acids is 4. The largest absolute Gasteiger partial charge is 0.497 e. The molecule has 1 heterocycles. The number of anilines is 3. The SMILES string of the molecule is COc1ccc(NC2=C(C(=N)C(N)=O)CCN(c3ccc(NC(=O)CCCNC(=O)OC(C)(C)C)c(C)c3)C2=O)cc1. The normalized spacial score (nSPS) is 13.4. The van der Waals surface area contributed by atoms with Crippen LogP contribution >= 0.6 is 0 Å². The van der Waals surface area contributed by atoms with E-state index in [1.165, 1.54) is 0 Å². The number of hydrogen-bond donors (Lipinski definition) is 5. The zero-order valence-corrected chi connectivity index (χ0v) is 24.6. The van der Waals surface area contributed by atoms with Gasteiger partial charge in [-0.1, -0.05) is 0 Å². The van der Waals surface area contributed by atoms with E-state index in [0.717, 1.165) is 5.56 Å². The second kappa shape index (κ2) is 13.7. The molecule has 0 aromatic heterocycles. The van der Waals surface area contributed by atoms with Crippen molar-refractivity contribution in [2.45, 2.75) is 52.6 Å². The van der Waals surface area contributed by atoms with Gasteiger partial charge in [0.2, 0.25) is 5.91 Å². The zero-order chi connectivity index (χ0) is 31.0. The second-order valence-electron chi connectivity index (χ2n) is 10.7. The maximum atomic E-state index is 13.7. The molecule has 0 saturated heterocycles. The molecular weight excluding hydrogens is 540 g/mol. The highest BCUT2D eigenvalue weighted by Gasteiger charge is 2.32. The van der Waals surface area contributed by atoms with Crippen LogP contribution in [0.15, 0.2) is 53.7 Å². The van der Waals surface area contributed by atoms with Gasteiger partial charge in [-0.3, -0.25) is 19.8 Å². The fourth-order valence-electron chi connectivity index (χ4n) is 4.23. The van der Waals surface area contributed by atoms with Crippen LogP contribution in [0.2, 0.25) is 0 Å². The van der Waals surface area contributed by atoms with Gasteiger partial charge in [0.1, 0.15) is 22.8 Å². The Morgan fingerprint density at radius 2 is 1.79 bits per heavy atom. The van der Waals surface area contributed by atoms with E-state index < -0.39 is 29.2 Å². The van der Waals surface area contributed by atoms with Crippen molar-refractivity contribution in [3.05, 3.63) is 59.3 Å². The number of nitrogens with two attached hydrogens (primary N) is 1. The third-order valence-electron chi connectivity index (χ3n) is 6.30. The van der Waals surface area contributed by atoms with Crippen LogP contribution in [0, 0.1) is 12.3 Å². The lowest BCUT2D eigenvalue weighted by atomic mass is 9.98. The second-order valence-corrected chi connectivity index (χ2v) is 10.7. The Bertz CT molecular complexity index is 1390. The average Bonchev–Trinajstić information content (AvgIpc) is 2.92. The molecule has 0 aliphatic carbocycles. The Morgan fingerprint density at radius 3 is 2.38 bits per heavy atom. The molecule has 2 aromatic carbocycles. The van der Waals surface area contributed by atoms with Gasteiger partial charge in [0.25, 0.3) is 11.8 Å². The molecule has 1 aliphatic heterocycles. The van der Waals surface area contributed by atoms with E-state index in [1.54, 1.807) is 75.2 Å².